The summed E-state index contributed by atoms with van der Waals surface area (Å²) in [6.07, 6.45) is 11.0. The summed E-state index contributed by atoms with van der Waals surface area (Å²) < 4.78 is 0. The van der Waals surface area contributed by atoms with E-state index in [0.29, 0.717) is 5.92 Å². The first-order valence-electron chi connectivity index (χ1n) is 5.50. The molecule has 1 unspecified atom stereocenters. The maximum atomic E-state index is 3.78. The normalized spacial score (nSPS) is 14.2. The minimum atomic E-state index is 0.533. The highest BCUT2D eigenvalue weighted by Crippen LogP contribution is 2.12. The van der Waals surface area contributed by atoms with Crippen molar-refractivity contribution >= 4 is 0 Å². The monoisotopic (exact) mass is 180 g/mol. The zero-order chi connectivity index (χ0) is 10.1. The summed E-state index contributed by atoms with van der Waals surface area (Å²) in [6.45, 7) is 10.4. The third-order valence-corrected chi connectivity index (χ3v) is 2.34. The Labute approximate surface area is 83.7 Å². The maximum Gasteiger partial charge on any atom is -0.00820 e. The number of hydrogen-bond donors (Lipinski definition) is 0. The van der Waals surface area contributed by atoms with Crippen LogP contribution in [0.25, 0.3) is 0 Å². The number of allylic oxidation sites excluding steroid dienone is 3. The van der Waals surface area contributed by atoms with E-state index in [0.717, 1.165) is 0 Å². The summed E-state index contributed by atoms with van der Waals surface area (Å²) in [7, 11) is 0. The van der Waals surface area contributed by atoms with Crippen LogP contribution in [0, 0.1) is 5.92 Å². The lowest BCUT2D eigenvalue weighted by atomic mass is 10.0. The fraction of sp³-hybridized carbons (Fsp3) is 0.692. The summed E-state index contributed by atoms with van der Waals surface area (Å²) in [4.78, 5) is 0. The molecule has 13 heavy (non-hydrogen) atoms. The highest BCUT2D eigenvalue weighted by molar-refractivity contribution is 5.04. The molecule has 0 amide bonds. The Morgan fingerprint density at radius 3 is 2.54 bits per heavy atom. The lowest BCUT2D eigenvalue weighted by Gasteiger charge is -2.03. The first-order valence-corrected chi connectivity index (χ1v) is 5.50. The van der Waals surface area contributed by atoms with Gasteiger partial charge in [-0.25, -0.2) is 0 Å². The van der Waals surface area contributed by atoms with E-state index in [1.165, 1.54) is 37.7 Å². The van der Waals surface area contributed by atoms with Crippen LogP contribution in [0.1, 0.15) is 52.9 Å². The highest BCUT2D eigenvalue weighted by Gasteiger charge is 1.94. The molecule has 0 aromatic rings. The molecule has 1 atom stereocenters. The molecule has 0 heteroatoms. The van der Waals surface area contributed by atoms with Crippen LogP contribution in [0.2, 0.25) is 0 Å². The van der Waals surface area contributed by atoms with Crippen molar-refractivity contribution < 1.29 is 0 Å². The van der Waals surface area contributed by atoms with Crippen LogP contribution < -0.4 is 0 Å². The van der Waals surface area contributed by atoms with Crippen LogP contribution >= 0.6 is 0 Å². The fourth-order valence-corrected chi connectivity index (χ4v) is 1.43. The summed E-state index contributed by atoms with van der Waals surface area (Å²) in [6, 6.07) is 0. The van der Waals surface area contributed by atoms with Gasteiger partial charge in [0.2, 0.25) is 0 Å². The van der Waals surface area contributed by atoms with Gasteiger partial charge in [-0.3, -0.25) is 0 Å². The molecule has 0 nitrogen and oxygen atoms in total. The Kier molecular flexibility index (Phi) is 7.77. The predicted octanol–water partition coefficient (Wildman–Crippen LogP) is 4.73. The molecule has 0 bridgehead atoms. The van der Waals surface area contributed by atoms with Gasteiger partial charge in [0.05, 0.1) is 0 Å². The Balaban J connectivity index is 3.54. The van der Waals surface area contributed by atoms with Gasteiger partial charge in [-0.05, 0) is 25.7 Å². The van der Waals surface area contributed by atoms with Crippen molar-refractivity contribution in [2.45, 2.75) is 52.9 Å². The lowest BCUT2D eigenvalue weighted by Crippen LogP contribution is -1.86. The largest absolute Gasteiger partial charge is 0.102 e. The highest BCUT2D eigenvalue weighted by atomic mass is 14.0. The Morgan fingerprint density at radius 1 is 1.31 bits per heavy atom. The zero-order valence-electron chi connectivity index (χ0n) is 9.47. The lowest BCUT2D eigenvalue weighted by molar-refractivity contribution is 0.662. The Hall–Kier alpha value is -0.520. The van der Waals surface area contributed by atoms with E-state index < -0.39 is 0 Å². The third-order valence-electron chi connectivity index (χ3n) is 2.34. The molecule has 0 aromatic carbocycles. The van der Waals surface area contributed by atoms with Gasteiger partial charge < -0.3 is 0 Å². The molecule has 0 saturated heterocycles. The van der Waals surface area contributed by atoms with Crippen molar-refractivity contribution in [3.05, 3.63) is 24.3 Å². The zero-order valence-corrected chi connectivity index (χ0v) is 9.47. The third kappa shape index (κ3) is 7.83. The molecule has 0 fully saturated rings. The predicted molar refractivity (Wildman–Crippen MR) is 61.9 cm³/mol. The van der Waals surface area contributed by atoms with Crippen LogP contribution in [0.4, 0.5) is 0 Å². The van der Waals surface area contributed by atoms with Gasteiger partial charge in [-0.1, -0.05) is 50.8 Å². The van der Waals surface area contributed by atoms with E-state index in [1.54, 1.807) is 0 Å². The van der Waals surface area contributed by atoms with Gasteiger partial charge >= 0.3 is 0 Å². The number of rotatable bonds is 7. The molecule has 0 aliphatic rings. The quantitative estimate of drug-likeness (QED) is 0.392. The topological polar surface area (TPSA) is 0 Å². The SMILES string of the molecule is C=CC(C)/C=C(\C)CCCCCC. The van der Waals surface area contributed by atoms with Crippen LogP contribution in [0.5, 0.6) is 0 Å². The van der Waals surface area contributed by atoms with Gasteiger partial charge in [0.15, 0.2) is 0 Å². The van der Waals surface area contributed by atoms with Crippen LogP contribution in [0.15, 0.2) is 24.3 Å². The summed E-state index contributed by atoms with van der Waals surface area (Å²) in [5.41, 5.74) is 1.52. The molecule has 0 rings (SSSR count). The van der Waals surface area contributed by atoms with Crippen molar-refractivity contribution in [3.8, 4) is 0 Å². The average Bonchev–Trinajstić information content (AvgIpc) is 2.12. The standard InChI is InChI=1S/C13H24/c1-5-7-8-9-10-13(4)11-12(3)6-2/h6,11-12H,2,5,7-10H2,1,3-4H3/b13-11+. The molecule has 0 N–H and O–H groups in total. The van der Waals surface area contributed by atoms with E-state index in [4.69, 9.17) is 0 Å². The molecule has 0 heterocycles. The molecule has 0 aromatic heterocycles. The van der Waals surface area contributed by atoms with Crippen molar-refractivity contribution in [2.24, 2.45) is 5.92 Å². The molecule has 0 aliphatic heterocycles. The van der Waals surface area contributed by atoms with Crippen molar-refractivity contribution in [1.82, 2.24) is 0 Å². The molecule has 0 spiro atoms. The van der Waals surface area contributed by atoms with Crippen molar-refractivity contribution in [2.75, 3.05) is 0 Å². The van der Waals surface area contributed by atoms with E-state index >= 15 is 0 Å². The first-order chi connectivity index (χ1) is 6.20. The van der Waals surface area contributed by atoms with Crippen LogP contribution in [-0.2, 0) is 0 Å². The summed E-state index contributed by atoms with van der Waals surface area (Å²) in [5, 5.41) is 0. The second-order valence-corrected chi connectivity index (χ2v) is 3.92. The van der Waals surface area contributed by atoms with E-state index in [9.17, 15) is 0 Å². The minimum Gasteiger partial charge on any atom is -0.102 e. The van der Waals surface area contributed by atoms with Gasteiger partial charge in [0.1, 0.15) is 0 Å². The Bertz CT molecular complexity index is 153. The second kappa shape index (κ2) is 8.10. The molecule has 76 valence electrons. The second-order valence-electron chi connectivity index (χ2n) is 3.92. The summed E-state index contributed by atoms with van der Waals surface area (Å²) in [5.74, 6) is 0.533. The minimum absolute atomic E-state index is 0.533. The van der Waals surface area contributed by atoms with Crippen molar-refractivity contribution in [1.29, 1.82) is 0 Å². The molecule has 0 radical (unpaired) electrons. The van der Waals surface area contributed by atoms with Gasteiger partial charge in [0.25, 0.3) is 0 Å². The summed E-state index contributed by atoms with van der Waals surface area (Å²) >= 11 is 0. The van der Waals surface area contributed by atoms with Crippen LogP contribution in [-0.4, -0.2) is 0 Å². The molecule has 0 saturated carbocycles. The first kappa shape index (κ1) is 12.5. The molecule has 0 aliphatic carbocycles. The van der Waals surface area contributed by atoms with E-state index in [-0.39, 0.29) is 0 Å². The van der Waals surface area contributed by atoms with Gasteiger partial charge in [0, 0.05) is 0 Å². The van der Waals surface area contributed by atoms with Gasteiger partial charge in [-0.15, -0.1) is 6.58 Å². The van der Waals surface area contributed by atoms with E-state index in [1.807, 2.05) is 6.08 Å². The fourth-order valence-electron chi connectivity index (χ4n) is 1.43. The Morgan fingerprint density at radius 2 is 2.00 bits per heavy atom. The van der Waals surface area contributed by atoms with Crippen LogP contribution in [0.3, 0.4) is 0 Å². The van der Waals surface area contributed by atoms with E-state index in [2.05, 4.69) is 33.4 Å². The maximum absolute atomic E-state index is 3.78. The number of unbranched alkanes of at least 4 members (excludes halogenated alkanes) is 3. The average molecular weight is 180 g/mol. The number of hydrogen-bond acceptors (Lipinski definition) is 0. The molecular formula is C13H24. The smallest absolute Gasteiger partial charge is 0.00820 e. The molecular weight excluding hydrogens is 156 g/mol. The van der Waals surface area contributed by atoms with Gasteiger partial charge in [-0.2, -0.15) is 0 Å². The van der Waals surface area contributed by atoms with Crippen molar-refractivity contribution in [3.63, 3.8) is 0 Å².